The predicted molar refractivity (Wildman–Crippen MR) is 66.0 cm³/mol. The van der Waals surface area contributed by atoms with E-state index >= 15 is 0 Å². The van der Waals surface area contributed by atoms with E-state index in [1.807, 2.05) is 0 Å². The Kier molecular flexibility index (Phi) is 3.93. The summed E-state index contributed by atoms with van der Waals surface area (Å²) >= 11 is 0. The lowest BCUT2D eigenvalue weighted by Gasteiger charge is -2.17. The van der Waals surface area contributed by atoms with E-state index in [4.69, 9.17) is 0 Å². The van der Waals surface area contributed by atoms with Crippen molar-refractivity contribution in [2.45, 2.75) is 45.4 Å². The van der Waals surface area contributed by atoms with Crippen molar-refractivity contribution in [1.82, 2.24) is 0 Å². The molecule has 1 aliphatic carbocycles. The van der Waals surface area contributed by atoms with Crippen LogP contribution in [0.2, 0.25) is 0 Å². The average molecular weight is 236 g/mol. The van der Waals surface area contributed by atoms with E-state index in [-0.39, 0.29) is 0 Å². The molecule has 0 radical (unpaired) electrons. The molecule has 1 aliphatic rings. The molecule has 1 aromatic rings. The second-order valence-electron chi connectivity index (χ2n) is 4.73. The van der Waals surface area contributed by atoms with E-state index in [0.717, 1.165) is 18.1 Å². The molecule has 0 bridgehead atoms. The van der Waals surface area contributed by atoms with Crippen LogP contribution in [0.5, 0.6) is 0 Å². The monoisotopic (exact) mass is 236 g/mol. The Labute approximate surface area is 101 Å². The van der Waals surface area contributed by atoms with E-state index in [9.17, 15) is 8.78 Å². The van der Waals surface area contributed by atoms with Crippen molar-refractivity contribution in [3.8, 4) is 0 Å². The summed E-state index contributed by atoms with van der Waals surface area (Å²) in [7, 11) is 0. The summed E-state index contributed by atoms with van der Waals surface area (Å²) in [4.78, 5) is 0. The van der Waals surface area contributed by atoms with Gasteiger partial charge in [-0.3, -0.25) is 0 Å². The molecule has 0 saturated heterocycles. The Balaban J connectivity index is 2.08. The largest absolute Gasteiger partial charge is 0.207 e. The van der Waals surface area contributed by atoms with Crippen LogP contribution in [0.1, 0.15) is 43.7 Å². The molecular formula is C15H18F2. The Bertz CT molecular complexity index is 433. The SMILES string of the molecule is CCCCCC1=CCc2c(F)cc(F)cc2C1. The minimum atomic E-state index is -0.462. The average Bonchev–Trinajstić information content (AvgIpc) is 2.28. The Morgan fingerprint density at radius 1 is 1.18 bits per heavy atom. The van der Waals surface area contributed by atoms with Gasteiger partial charge >= 0.3 is 0 Å². The third-order valence-electron chi connectivity index (χ3n) is 3.37. The summed E-state index contributed by atoms with van der Waals surface area (Å²) in [6.07, 6.45) is 8.10. The van der Waals surface area contributed by atoms with Gasteiger partial charge < -0.3 is 0 Å². The Hall–Kier alpha value is -1.18. The van der Waals surface area contributed by atoms with Gasteiger partial charge in [0, 0.05) is 6.07 Å². The predicted octanol–water partition coefficient (Wildman–Crippen LogP) is 4.57. The van der Waals surface area contributed by atoms with Gasteiger partial charge in [-0.25, -0.2) is 8.78 Å². The highest BCUT2D eigenvalue weighted by Gasteiger charge is 2.15. The lowest BCUT2D eigenvalue weighted by atomic mass is 9.89. The third-order valence-corrected chi connectivity index (χ3v) is 3.37. The molecule has 17 heavy (non-hydrogen) atoms. The maximum absolute atomic E-state index is 13.5. The molecule has 0 saturated carbocycles. The van der Waals surface area contributed by atoms with Crippen molar-refractivity contribution in [2.24, 2.45) is 0 Å². The number of benzene rings is 1. The second-order valence-corrected chi connectivity index (χ2v) is 4.73. The molecule has 92 valence electrons. The van der Waals surface area contributed by atoms with E-state index in [1.165, 1.54) is 30.9 Å². The van der Waals surface area contributed by atoms with Crippen molar-refractivity contribution in [2.75, 3.05) is 0 Å². The number of halogens is 2. The summed E-state index contributed by atoms with van der Waals surface area (Å²) in [6.45, 7) is 2.18. The standard InChI is InChI=1S/C15H18F2/c1-2-3-4-5-11-6-7-14-12(8-11)9-13(16)10-15(14)17/h6,9-10H,2-5,7-8H2,1H3. The number of allylic oxidation sites excluding steroid dienone is 2. The van der Waals surface area contributed by atoms with Gasteiger partial charge in [0.25, 0.3) is 0 Å². The molecular weight excluding hydrogens is 218 g/mol. The van der Waals surface area contributed by atoms with E-state index in [0.29, 0.717) is 18.4 Å². The van der Waals surface area contributed by atoms with E-state index < -0.39 is 11.6 Å². The van der Waals surface area contributed by atoms with Crippen LogP contribution in [0.4, 0.5) is 8.78 Å². The summed E-state index contributed by atoms with van der Waals surface area (Å²) in [5.74, 6) is -0.861. The van der Waals surface area contributed by atoms with Crippen LogP contribution in [0.15, 0.2) is 23.8 Å². The van der Waals surface area contributed by atoms with Crippen LogP contribution in [-0.2, 0) is 12.8 Å². The molecule has 2 heteroatoms. The maximum Gasteiger partial charge on any atom is 0.129 e. The van der Waals surface area contributed by atoms with Crippen LogP contribution in [0.25, 0.3) is 0 Å². The number of rotatable bonds is 4. The molecule has 0 N–H and O–H groups in total. The molecule has 0 unspecified atom stereocenters. The van der Waals surface area contributed by atoms with Crippen LogP contribution in [0, 0.1) is 11.6 Å². The van der Waals surface area contributed by atoms with Crippen molar-refractivity contribution in [3.63, 3.8) is 0 Å². The highest BCUT2D eigenvalue weighted by Crippen LogP contribution is 2.27. The highest BCUT2D eigenvalue weighted by molar-refractivity contribution is 5.38. The fourth-order valence-electron chi connectivity index (χ4n) is 2.40. The summed E-state index contributed by atoms with van der Waals surface area (Å²) in [6, 6.07) is 2.46. The first kappa shape index (κ1) is 12.3. The Morgan fingerprint density at radius 2 is 2.00 bits per heavy atom. The first-order valence-corrected chi connectivity index (χ1v) is 6.35. The molecule has 0 atom stereocenters. The molecule has 0 spiro atoms. The lowest BCUT2D eigenvalue weighted by molar-refractivity contribution is 0.568. The molecule has 2 rings (SSSR count). The number of hydrogen-bond acceptors (Lipinski definition) is 0. The quantitative estimate of drug-likeness (QED) is 0.530. The van der Waals surface area contributed by atoms with Crippen molar-refractivity contribution >= 4 is 0 Å². The number of unbranched alkanes of at least 4 members (excludes halogenated alkanes) is 2. The van der Waals surface area contributed by atoms with Crippen LogP contribution >= 0.6 is 0 Å². The number of fused-ring (bicyclic) bond motifs is 1. The fourth-order valence-corrected chi connectivity index (χ4v) is 2.40. The molecule has 0 nitrogen and oxygen atoms in total. The highest BCUT2D eigenvalue weighted by atomic mass is 19.1. The first-order valence-electron chi connectivity index (χ1n) is 6.35. The zero-order valence-corrected chi connectivity index (χ0v) is 10.2. The fraction of sp³-hybridized carbons (Fsp3) is 0.467. The summed E-state index contributed by atoms with van der Waals surface area (Å²) in [5.41, 5.74) is 2.83. The molecule has 0 amide bonds. The minimum Gasteiger partial charge on any atom is -0.207 e. The third kappa shape index (κ3) is 2.93. The van der Waals surface area contributed by atoms with Gasteiger partial charge in [0.2, 0.25) is 0 Å². The van der Waals surface area contributed by atoms with Crippen molar-refractivity contribution in [3.05, 3.63) is 46.5 Å². The van der Waals surface area contributed by atoms with Crippen LogP contribution in [-0.4, -0.2) is 0 Å². The topological polar surface area (TPSA) is 0 Å². The summed E-state index contributed by atoms with van der Waals surface area (Å²) < 4.78 is 26.6. The molecule has 0 aliphatic heterocycles. The van der Waals surface area contributed by atoms with Gasteiger partial charge in [-0.1, -0.05) is 31.4 Å². The minimum absolute atomic E-state index is 0.399. The smallest absolute Gasteiger partial charge is 0.129 e. The van der Waals surface area contributed by atoms with Gasteiger partial charge in [-0.15, -0.1) is 0 Å². The van der Waals surface area contributed by atoms with Gasteiger partial charge in [0.05, 0.1) is 0 Å². The zero-order chi connectivity index (χ0) is 12.3. The van der Waals surface area contributed by atoms with Crippen LogP contribution < -0.4 is 0 Å². The van der Waals surface area contributed by atoms with Gasteiger partial charge in [0.1, 0.15) is 11.6 Å². The van der Waals surface area contributed by atoms with Gasteiger partial charge in [-0.2, -0.15) is 0 Å². The molecule has 0 aromatic heterocycles. The molecule has 1 aromatic carbocycles. The van der Waals surface area contributed by atoms with Gasteiger partial charge in [0.15, 0.2) is 0 Å². The summed E-state index contributed by atoms with van der Waals surface area (Å²) in [5, 5.41) is 0. The normalized spacial score (nSPS) is 14.4. The Morgan fingerprint density at radius 3 is 2.76 bits per heavy atom. The van der Waals surface area contributed by atoms with E-state index in [1.54, 1.807) is 0 Å². The lowest BCUT2D eigenvalue weighted by Crippen LogP contribution is -2.06. The maximum atomic E-state index is 13.5. The van der Waals surface area contributed by atoms with E-state index in [2.05, 4.69) is 13.0 Å². The van der Waals surface area contributed by atoms with Crippen molar-refractivity contribution < 1.29 is 8.78 Å². The molecule has 0 fully saturated rings. The van der Waals surface area contributed by atoms with Gasteiger partial charge in [-0.05, 0) is 42.9 Å². The second kappa shape index (κ2) is 5.44. The first-order chi connectivity index (χ1) is 8.20. The van der Waals surface area contributed by atoms with Crippen molar-refractivity contribution in [1.29, 1.82) is 0 Å². The molecule has 0 heterocycles. The number of hydrogen-bond donors (Lipinski definition) is 0. The van der Waals surface area contributed by atoms with Crippen LogP contribution in [0.3, 0.4) is 0 Å². The zero-order valence-electron chi connectivity index (χ0n) is 10.2.